The van der Waals surface area contributed by atoms with Crippen LogP contribution in [0.1, 0.15) is 16.7 Å². The Hall–Kier alpha value is -2.73. The summed E-state index contributed by atoms with van der Waals surface area (Å²) in [5.74, 6) is 0.761. The van der Waals surface area contributed by atoms with Crippen molar-refractivity contribution in [3.05, 3.63) is 53.1 Å². The summed E-state index contributed by atoms with van der Waals surface area (Å²) < 4.78 is 10.4. The highest BCUT2D eigenvalue weighted by atomic mass is 16.5. The zero-order valence-electron chi connectivity index (χ0n) is 16.2. The number of hydrogen-bond donors (Lipinski definition) is 2. The Morgan fingerprint density at radius 1 is 1.07 bits per heavy atom. The fourth-order valence-corrected chi connectivity index (χ4v) is 3.23. The van der Waals surface area contributed by atoms with Gasteiger partial charge in [0.2, 0.25) is 5.75 Å². The van der Waals surface area contributed by atoms with Gasteiger partial charge in [-0.05, 0) is 19.1 Å². The molecule has 1 fully saturated rings. The summed E-state index contributed by atoms with van der Waals surface area (Å²) in [6.07, 6.45) is 1.79. The summed E-state index contributed by atoms with van der Waals surface area (Å²) in [5.41, 5.74) is 3.52. The summed E-state index contributed by atoms with van der Waals surface area (Å²) in [4.78, 5) is 1.58. The number of nitrogens with zero attached hydrogens (tertiary/aromatic N) is 2. The highest BCUT2D eigenvalue weighted by Gasteiger charge is 2.19. The molecule has 2 N–H and O–H groups in total. The van der Waals surface area contributed by atoms with Gasteiger partial charge in [0, 0.05) is 11.1 Å². The van der Waals surface area contributed by atoms with Crippen molar-refractivity contribution in [2.24, 2.45) is 5.10 Å². The average molecular weight is 370 g/mol. The summed E-state index contributed by atoms with van der Waals surface area (Å²) >= 11 is 0. The van der Waals surface area contributed by atoms with Crippen LogP contribution in [-0.4, -0.2) is 56.7 Å². The molecule has 1 saturated heterocycles. The van der Waals surface area contributed by atoms with Crippen molar-refractivity contribution in [2.45, 2.75) is 13.5 Å². The Balaban J connectivity index is 1.56. The molecule has 6 heteroatoms. The summed E-state index contributed by atoms with van der Waals surface area (Å²) in [6, 6.07) is 12.3. The van der Waals surface area contributed by atoms with Crippen LogP contribution >= 0.6 is 0 Å². The van der Waals surface area contributed by atoms with Crippen LogP contribution in [0.2, 0.25) is 0 Å². The maximum atomic E-state index is 9.99. The maximum absolute atomic E-state index is 9.99. The van der Waals surface area contributed by atoms with E-state index in [-0.39, 0.29) is 5.75 Å². The topological polar surface area (TPSA) is 58.7 Å². The van der Waals surface area contributed by atoms with Crippen molar-refractivity contribution < 1.29 is 19.5 Å². The van der Waals surface area contributed by atoms with Crippen LogP contribution in [-0.2, 0) is 6.54 Å². The highest BCUT2D eigenvalue weighted by Crippen LogP contribution is 2.36. The van der Waals surface area contributed by atoms with E-state index in [4.69, 9.17) is 9.47 Å². The van der Waals surface area contributed by atoms with Crippen LogP contribution in [0.25, 0.3) is 0 Å². The van der Waals surface area contributed by atoms with Gasteiger partial charge in [0.25, 0.3) is 0 Å². The van der Waals surface area contributed by atoms with Gasteiger partial charge in [-0.25, -0.2) is 0 Å². The second-order valence-electron chi connectivity index (χ2n) is 6.88. The van der Waals surface area contributed by atoms with Gasteiger partial charge in [0.05, 0.1) is 46.6 Å². The van der Waals surface area contributed by atoms with Crippen molar-refractivity contribution >= 4 is 6.21 Å². The maximum Gasteiger partial charge on any atom is 0.200 e. The lowest BCUT2D eigenvalue weighted by Crippen LogP contribution is -3.13. The quantitative estimate of drug-likeness (QED) is 0.756. The van der Waals surface area contributed by atoms with E-state index >= 15 is 0 Å². The number of phenols is 1. The number of nitrogens with one attached hydrogen (secondary N) is 1. The Kier molecular flexibility index (Phi) is 6.19. The standard InChI is InChI=1S/C21H27N3O3/c1-16-4-6-17(7-5-16)15-23-8-10-24(11-9-23)22-14-18-12-19(26-2)21(25)20(13-18)27-3/h4-7,12-14,25H,8-11,15H2,1-3H3/p+1/b22-14+. The number of hydrogen-bond acceptors (Lipinski definition) is 5. The fraction of sp³-hybridized carbons (Fsp3) is 0.381. The molecule has 0 bridgehead atoms. The molecule has 0 amide bonds. The SMILES string of the molecule is COc1cc(/C=N/N2CC[NH+](Cc3ccc(C)cc3)CC2)cc(OC)c1O. The highest BCUT2D eigenvalue weighted by molar-refractivity contribution is 5.82. The molecule has 3 rings (SSSR count). The van der Waals surface area contributed by atoms with Gasteiger partial charge in [-0.1, -0.05) is 29.8 Å². The molecule has 0 spiro atoms. The molecule has 0 unspecified atom stereocenters. The van der Waals surface area contributed by atoms with Crippen LogP contribution in [0.5, 0.6) is 17.2 Å². The second kappa shape index (κ2) is 8.77. The molecule has 1 aliphatic heterocycles. The molecule has 0 radical (unpaired) electrons. The van der Waals surface area contributed by atoms with Gasteiger partial charge >= 0.3 is 0 Å². The van der Waals surface area contributed by atoms with Gasteiger partial charge in [0.1, 0.15) is 6.54 Å². The largest absolute Gasteiger partial charge is 0.502 e. The van der Waals surface area contributed by atoms with Crippen LogP contribution in [0.15, 0.2) is 41.5 Å². The lowest BCUT2D eigenvalue weighted by Gasteiger charge is -2.30. The normalized spacial score (nSPS) is 15.3. The Morgan fingerprint density at radius 3 is 2.22 bits per heavy atom. The van der Waals surface area contributed by atoms with E-state index in [1.165, 1.54) is 25.3 Å². The minimum absolute atomic E-state index is 0.00506. The number of rotatable bonds is 6. The number of quaternary nitrogens is 1. The number of aryl methyl sites for hydroxylation is 1. The summed E-state index contributed by atoms with van der Waals surface area (Å²) in [5, 5.41) is 16.7. The van der Waals surface area contributed by atoms with Gasteiger partial charge in [0.15, 0.2) is 11.5 Å². The van der Waals surface area contributed by atoms with E-state index < -0.39 is 0 Å². The lowest BCUT2D eigenvalue weighted by molar-refractivity contribution is -0.918. The van der Waals surface area contributed by atoms with E-state index in [9.17, 15) is 5.11 Å². The molecule has 144 valence electrons. The van der Waals surface area contributed by atoms with E-state index in [1.807, 2.05) is 0 Å². The number of phenolic OH excluding ortho intramolecular Hbond substituents is 1. The lowest BCUT2D eigenvalue weighted by atomic mass is 10.1. The number of benzene rings is 2. The molecule has 1 heterocycles. The fourth-order valence-electron chi connectivity index (χ4n) is 3.23. The molecule has 0 atom stereocenters. The van der Waals surface area contributed by atoms with Gasteiger partial charge in [-0.3, -0.25) is 5.01 Å². The third kappa shape index (κ3) is 4.92. The van der Waals surface area contributed by atoms with Gasteiger partial charge < -0.3 is 19.5 Å². The first-order chi connectivity index (χ1) is 13.1. The number of methoxy groups -OCH3 is 2. The molecule has 2 aromatic carbocycles. The molecule has 0 saturated carbocycles. The van der Waals surface area contributed by atoms with Crippen molar-refractivity contribution in [1.82, 2.24) is 5.01 Å². The Labute approximate surface area is 160 Å². The monoisotopic (exact) mass is 370 g/mol. The van der Waals surface area contributed by atoms with Crippen molar-refractivity contribution in [2.75, 3.05) is 40.4 Å². The van der Waals surface area contributed by atoms with E-state index in [0.29, 0.717) is 11.5 Å². The van der Waals surface area contributed by atoms with Crippen LogP contribution in [0.4, 0.5) is 0 Å². The minimum Gasteiger partial charge on any atom is -0.502 e. The zero-order valence-corrected chi connectivity index (χ0v) is 16.2. The van der Waals surface area contributed by atoms with E-state index in [0.717, 1.165) is 38.3 Å². The third-order valence-corrected chi connectivity index (χ3v) is 4.89. The molecule has 27 heavy (non-hydrogen) atoms. The molecular formula is C21H28N3O3+. The first kappa shape index (κ1) is 19.0. The Morgan fingerprint density at radius 2 is 1.67 bits per heavy atom. The van der Waals surface area contributed by atoms with Gasteiger partial charge in [-0.15, -0.1) is 0 Å². The second-order valence-corrected chi connectivity index (χ2v) is 6.88. The first-order valence-corrected chi connectivity index (χ1v) is 9.22. The van der Waals surface area contributed by atoms with Crippen LogP contribution in [0.3, 0.4) is 0 Å². The van der Waals surface area contributed by atoms with E-state index in [1.54, 1.807) is 23.2 Å². The van der Waals surface area contributed by atoms with Crippen molar-refractivity contribution in [3.63, 3.8) is 0 Å². The summed E-state index contributed by atoms with van der Waals surface area (Å²) in [6.45, 7) is 7.14. The predicted octanol–water partition coefficient (Wildman–Crippen LogP) is 1.45. The van der Waals surface area contributed by atoms with E-state index in [2.05, 4.69) is 41.3 Å². The zero-order chi connectivity index (χ0) is 19.2. The molecule has 0 aliphatic carbocycles. The molecule has 6 nitrogen and oxygen atoms in total. The first-order valence-electron chi connectivity index (χ1n) is 9.22. The van der Waals surface area contributed by atoms with Crippen molar-refractivity contribution in [1.29, 1.82) is 0 Å². The van der Waals surface area contributed by atoms with Crippen LogP contribution in [0, 0.1) is 6.92 Å². The third-order valence-electron chi connectivity index (χ3n) is 4.89. The minimum atomic E-state index is 0.00506. The molecule has 2 aromatic rings. The predicted molar refractivity (Wildman–Crippen MR) is 106 cm³/mol. The molecular weight excluding hydrogens is 342 g/mol. The van der Waals surface area contributed by atoms with Crippen LogP contribution < -0.4 is 14.4 Å². The number of hydrazone groups is 1. The molecule has 1 aliphatic rings. The number of ether oxygens (including phenoxy) is 2. The van der Waals surface area contributed by atoms with Gasteiger partial charge in [-0.2, -0.15) is 5.10 Å². The number of aromatic hydroxyl groups is 1. The summed E-state index contributed by atoms with van der Waals surface area (Å²) in [7, 11) is 3.04. The average Bonchev–Trinajstić information content (AvgIpc) is 2.70. The Bertz CT molecular complexity index is 757. The molecule has 0 aromatic heterocycles. The number of piperazine rings is 1. The smallest absolute Gasteiger partial charge is 0.200 e. The van der Waals surface area contributed by atoms with Crippen molar-refractivity contribution in [3.8, 4) is 17.2 Å².